The minimum atomic E-state index is -4.28. The minimum Gasteiger partial charge on any atom is -0.357 e. The molecule has 0 aromatic heterocycles. The van der Waals surface area contributed by atoms with Gasteiger partial charge in [0, 0.05) is 0 Å². The van der Waals surface area contributed by atoms with Crippen molar-refractivity contribution in [1.29, 1.82) is 0 Å². The van der Waals surface area contributed by atoms with Crippen molar-refractivity contribution in [1.82, 2.24) is 0 Å². The molecule has 0 amide bonds. The third kappa shape index (κ3) is 1.21. The molecule has 2 bridgehead atoms. The molecule has 2 aliphatic heterocycles. The van der Waals surface area contributed by atoms with Crippen molar-refractivity contribution in [2.45, 2.75) is 18.4 Å². The largest absolute Gasteiger partial charge is 0.416 e. The van der Waals surface area contributed by atoms with Crippen LogP contribution in [-0.2, 0) is 10.9 Å². The summed E-state index contributed by atoms with van der Waals surface area (Å²) in [7, 11) is 0. The zero-order valence-corrected chi connectivity index (χ0v) is 7.58. The molecule has 0 spiro atoms. The first-order valence-corrected chi connectivity index (χ1v) is 4.60. The zero-order chi connectivity index (χ0) is 10.6. The van der Waals surface area contributed by atoms with E-state index in [4.69, 9.17) is 4.74 Å². The Morgan fingerprint density at radius 3 is 2.33 bits per heavy atom. The molecule has 2 aliphatic rings. The fourth-order valence-electron chi connectivity index (χ4n) is 2.06. The van der Waals surface area contributed by atoms with Crippen molar-refractivity contribution in [3.8, 4) is 0 Å². The SMILES string of the molecule is FC(F)(F)c1ccc2c(c1)[C@@H]1C=C[C@H]2O1. The summed E-state index contributed by atoms with van der Waals surface area (Å²) in [4.78, 5) is 0. The summed E-state index contributed by atoms with van der Waals surface area (Å²) in [6, 6.07) is 3.80. The monoisotopic (exact) mass is 212 g/mol. The summed E-state index contributed by atoms with van der Waals surface area (Å²) in [6.45, 7) is 0. The van der Waals surface area contributed by atoms with Crippen molar-refractivity contribution in [2.75, 3.05) is 0 Å². The van der Waals surface area contributed by atoms with Gasteiger partial charge in [-0.05, 0) is 23.3 Å². The first-order chi connectivity index (χ1) is 7.05. The van der Waals surface area contributed by atoms with Gasteiger partial charge in [-0.3, -0.25) is 0 Å². The molecule has 4 heteroatoms. The molecule has 1 aromatic carbocycles. The topological polar surface area (TPSA) is 9.23 Å². The van der Waals surface area contributed by atoms with E-state index in [2.05, 4.69) is 0 Å². The van der Waals surface area contributed by atoms with Gasteiger partial charge in [0.2, 0.25) is 0 Å². The summed E-state index contributed by atoms with van der Waals surface area (Å²) in [5.74, 6) is 0. The Kier molecular flexibility index (Phi) is 1.58. The third-order valence-electron chi connectivity index (χ3n) is 2.78. The summed E-state index contributed by atoms with van der Waals surface area (Å²) in [5, 5.41) is 0. The number of fused-ring (bicyclic) bond motifs is 5. The fraction of sp³-hybridized carbons (Fsp3) is 0.273. The van der Waals surface area contributed by atoms with E-state index in [9.17, 15) is 13.2 Å². The molecule has 0 saturated carbocycles. The van der Waals surface area contributed by atoms with Gasteiger partial charge in [0.1, 0.15) is 12.2 Å². The highest BCUT2D eigenvalue weighted by Gasteiger charge is 2.37. The van der Waals surface area contributed by atoms with Crippen molar-refractivity contribution in [2.24, 2.45) is 0 Å². The van der Waals surface area contributed by atoms with Gasteiger partial charge in [-0.1, -0.05) is 18.2 Å². The summed E-state index contributed by atoms with van der Waals surface area (Å²) in [5.41, 5.74) is 0.902. The smallest absolute Gasteiger partial charge is 0.357 e. The van der Waals surface area contributed by atoms with Crippen LogP contribution in [0, 0.1) is 0 Å². The Morgan fingerprint density at radius 2 is 1.67 bits per heavy atom. The second-order valence-corrected chi connectivity index (χ2v) is 3.70. The van der Waals surface area contributed by atoms with Crippen molar-refractivity contribution in [3.63, 3.8) is 0 Å². The molecule has 0 N–H and O–H groups in total. The van der Waals surface area contributed by atoms with E-state index >= 15 is 0 Å². The van der Waals surface area contributed by atoms with Gasteiger partial charge in [0.05, 0.1) is 5.56 Å². The van der Waals surface area contributed by atoms with E-state index in [1.807, 2.05) is 6.08 Å². The maximum atomic E-state index is 12.4. The Bertz CT molecular complexity index is 448. The molecule has 0 saturated heterocycles. The lowest BCUT2D eigenvalue weighted by molar-refractivity contribution is -0.137. The lowest BCUT2D eigenvalue weighted by atomic mass is 9.95. The Hall–Kier alpha value is -1.29. The van der Waals surface area contributed by atoms with E-state index in [0.717, 1.165) is 11.6 Å². The molecule has 1 nitrogen and oxygen atoms in total. The molecule has 15 heavy (non-hydrogen) atoms. The number of hydrogen-bond acceptors (Lipinski definition) is 1. The summed E-state index contributed by atoms with van der Waals surface area (Å²) in [6.07, 6.45) is -1.03. The van der Waals surface area contributed by atoms with Crippen LogP contribution in [0.25, 0.3) is 0 Å². The molecule has 3 rings (SSSR count). The lowest BCUT2D eigenvalue weighted by Crippen LogP contribution is -2.06. The average molecular weight is 212 g/mol. The molecule has 0 aliphatic carbocycles. The zero-order valence-electron chi connectivity index (χ0n) is 7.58. The van der Waals surface area contributed by atoms with Crippen LogP contribution in [0.5, 0.6) is 0 Å². The second kappa shape index (κ2) is 2.64. The maximum absolute atomic E-state index is 12.4. The highest BCUT2D eigenvalue weighted by molar-refractivity contribution is 5.45. The quantitative estimate of drug-likeness (QED) is 0.599. The molecule has 2 heterocycles. The summed E-state index contributed by atoms with van der Waals surface area (Å²) < 4.78 is 42.8. The number of halogens is 3. The normalized spacial score (nSPS) is 27.1. The lowest BCUT2D eigenvalue weighted by Gasteiger charge is -2.11. The van der Waals surface area contributed by atoms with Crippen molar-refractivity contribution in [3.05, 3.63) is 47.0 Å². The highest BCUT2D eigenvalue weighted by atomic mass is 19.4. The first-order valence-electron chi connectivity index (χ1n) is 4.60. The van der Waals surface area contributed by atoms with E-state index in [1.54, 1.807) is 6.08 Å². The predicted octanol–water partition coefficient (Wildman–Crippen LogP) is 3.39. The van der Waals surface area contributed by atoms with Crippen LogP contribution in [0.1, 0.15) is 28.9 Å². The molecule has 0 unspecified atom stereocenters. The van der Waals surface area contributed by atoms with Crippen LogP contribution in [-0.4, -0.2) is 0 Å². The van der Waals surface area contributed by atoms with Crippen molar-refractivity contribution >= 4 is 0 Å². The molecular weight excluding hydrogens is 205 g/mol. The Morgan fingerprint density at radius 1 is 1.00 bits per heavy atom. The molecule has 2 atom stereocenters. The van der Waals surface area contributed by atoms with E-state index in [0.29, 0.717) is 5.56 Å². The minimum absolute atomic E-state index is 0.146. The van der Waals surface area contributed by atoms with Gasteiger partial charge in [0.25, 0.3) is 0 Å². The van der Waals surface area contributed by atoms with Crippen LogP contribution in [0.2, 0.25) is 0 Å². The molecule has 1 aromatic rings. The summed E-state index contributed by atoms with van der Waals surface area (Å²) >= 11 is 0. The fourth-order valence-corrected chi connectivity index (χ4v) is 2.06. The van der Waals surface area contributed by atoms with Gasteiger partial charge in [0.15, 0.2) is 0 Å². The molecule has 0 fully saturated rings. The van der Waals surface area contributed by atoms with Crippen LogP contribution < -0.4 is 0 Å². The number of ether oxygens (including phenoxy) is 1. The second-order valence-electron chi connectivity index (χ2n) is 3.70. The maximum Gasteiger partial charge on any atom is 0.416 e. The molecule has 78 valence electrons. The van der Waals surface area contributed by atoms with E-state index in [1.165, 1.54) is 12.1 Å². The first kappa shape index (κ1) is 8.97. The number of alkyl halides is 3. The molecular formula is C11H7F3O. The number of hydrogen-bond donors (Lipinski definition) is 0. The van der Waals surface area contributed by atoms with Crippen LogP contribution in [0.15, 0.2) is 30.4 Å². The van der Waals surface area contributed by atoms with Gasteiger partial charge in [-0.15, -0.1) is 0 Å². The van der Waals surface area contributed by atoms with Crippen molar-refractivity contribution < 1.29 is 17.9 Å². The van der Waals surface area contributed by atoms with Gasteiger partial charge < -0.3 is 4.74 Å². The van der Waals surface area contributed by atoms with Crippen LogP contribution in [0.3, 0.4) is 0 Å². The molecule has 0 radical (unpaired) electrons. The van der Waals surface area contributed by atoms with E-state index < -0.39 is 11.7 Å². The standard InChI is InChI=1S/C11H7F3O/c12-11(13,14)6-1-2-7-8(5-6)10-4-3-9(7)15-10/h1-5,9-10H/t9-,10+/m1/s1. The average Bonchev–Trinajstić information content (AvgIpc) is 2.76. The third-order valence-corrected chi connectivity index (χ3v) is 2.78. The highest BCUT2D eigenvalue weighted by Crippen LogP contribution is 2.47. The van der Waals surface area contributed by atoms with Gasteiger partial charge in [-0.25, -0.2) is 0 Å². The van der Waals surface area contributed by atoms with Gasteiger partial charge in [-0.2, -0.15) is 13.2 Å². The van der Waals surface area contributed by atoms with Crippen LogP contribution >= 0.6 is 0 Å². The predicted molar refractivity (Wildman–Crippen MR) is 47.2 cm³/mol. The Labute approximate surface area is 84.2 Å². The van der Waals surface area contributed by atoms with E-state index in [-0.39, 0.29) is 12.2 Å². The number of benzene rings is 1. The number of rotatable bonds is 0. The van der Waals surface area contributed by atoms with Crippen LogP contribution in [0.4, 0.5) is 13.2 Å². The Balaban J connectivity index is 2.10. The van der Waals surface area contributed by atoms with Gasteiger partial charge >= 0.3 is 6.18 Å².